The number of nitrogens with one attached hydrogen (secondary N) is 4. The number of aromatic nitrogens is 2. The van der Waals surface area contributed by atoms with Crippen molar-refractivity contribution < 1.29 is 42.6 Å². The molecule has 15 nitrogen and oxygen atoms in total. The van der Waals surface area contributed by atoms with E-state index in [1.807, 2.05) is 155 Å². The predicted molar refractivity (Wildman–Crippen MR) is 298 cm³/mol. The number of carbonyl (C=O) groups excluding carboxylic acids is 5. The van der Waals surface area contributed by atoms with Crippen LogP contribution in [0.5, 0.6) is 0 Å². The van der Waals surface area contributed by atoms with Gasteiger partial charge in [-0.15, -0.1) is 11.3 Å². The molecule has 0 bridgehead atoms. The second-order valence-corrected chi connectivity index (χ2v) is 21.1. The number of amides is 4. The molecule has 2 heterocycles. The highest BCUT2D eigenvalue weighted by Gasteiger charge is 2.44. The highest BCUT2D eigenvalue weighted by Crippen LogP contribution is 2.45. The van der Waals surface area contributed by atoms with E-state index in [4.69, 9.17) is 18.6 Å². The number of benzene rings is 5. The molecule has 0 aliphatic heterocycles. The summed E-state index contributed by atoms with van der Waals surface area (Å²) in [6, 6.07) is 40.9. The fourth-order valence-corrected chi connectivity index (χ4v) is 10.8. The molecule has 78 heavy (non-hydrogen) atoms. The molecular formula is C62H66N6O9S. The van der Waals surface area contributed by atoms with E-state index in [1.165, 1.54) is 23.7 Å². The van der Waals surface area contributed by atoms with E-state index < -0.39 is 71.6 Å². The summed E-state index contributed by atoms with van der Waals surface area (Å²) in [7, 11) is 0. The molecule has 404 valence electrons. The number of oxazole rings is 1. The standard InChI is InChI=1S/C62H66N6O9S/c1-9-33-74-60(72)50-36-78-59(64-50)53(39(6)7)66-55(69)49-35-75-58(63-49)52(38(4)5)65-57(71)54(40(8)77-62(41-23-13-10-14-24-41,42-25-15-11-16-26-42)43-27-17-12-18-28-43)67-56(70)51(37(2)3)68-61(73)76-34-48-46-31-21-19-29-44(46)45-30-20-22-32-47(45)48/h9-32,35-40,48,51-54H,1,33-34H2,2-8H3,(H,65,71)(H,66,69)(H,67,70)(H,68,73)/t40-,51+,52+,53+,54+/m1/s1. The van der Waals surface area contributed by atoms with Crippen LogP contribution in [-0.2, 0) is 29.4 Å². The van der Waals surface area contributed by atoms with Crippen molar-refractivity contribution in [2.24, 2.45) is 17.8 Å². The van der Waals surface area contributed by atoms with Crippen LogP contribution in [0.1, 0.15) is 126 Å². The Morgan fingerprint density at radius 3 is 1.67 bits per heavy atom. The fraction of sp³-hybridized carbons (Fsp3) is 0.306. The van der Waals surface area contributed by atoms with Crippen LogP contribution in [0.2, 0.25) is 0 Å². The van der Waals surface area contributed by atoms with E-state index in [2.05, 4.69) is 49.9 Å². The number of rotatable bonds is 23. The zero-order valence-electron chi connectivity index (χ0n) is 44.8. The van der Waals surface area contributed by atoms with Crippen LogP contribution in [0.3, 0.4) is 0 Å². The summed E-state index contributed by atoms with van der Waals surface area (Å²) in [4.78, 5) is 79.4. The third-order valence-electron chi connectivity index (χ3n) is 13.8. The lowest BCUT2D eigenvalue weighted by Gasteiger charge is -2.40. The Morgan fingerprint density at radius 1 is 0.615 bits per heavy atom. The predicted octanol–water partition coefficient (Wildman–Crippen LogP) is 10.9. The van der Waals surface area contributed by atoms with Gasteiger partial charge in [0.05, 0.1) is 12.1 Å². The lowest BCUT2D eigenvalue weighted by molar-refractivity contribution is -0.138. The van der Waals surface area contributed by atoms with E-state index in [-0.39, 0.29) is 48.2 Å². The number of esters is 1. The highest BCUT2D eigenvalue weighted by atomic mass is 32.1. The molecular weight excluding hydrogens is 1000 g/mol. The minimum Gasteiger partial charge on any atom is -0.457 e. The first-order chi connectivity index (χ1) is 37.6. The van der Waals surface area contributed by atoms with Gasteiger partial charge < -0.3 is 39.9 Å². The lowest BCUT2D eigenvalue weighted by Crippen LogP contribution is -2.60. The number of thiazole rings is 1. The SMILES string of the molecule is C=CCOC(=O)c1csc([C@@H](NC(=O)c2coc([C@@H](NC(=O)[C@@H](NC(=O)[C@@H](NC(=O)OCC3c4ccccc4-c4ccccc43)C(C)C)[C@@H](C)OC(c3ccccc3)(c3ccccc3)c3ccccc3)C(C)C)n2)C(C)C)n1. The Morgan fingerprint density at radius 2 is 1.14 bits per heavy atom. The normalized spacial score (nSPS) is 14.1. The van der Waals surface area contributed by atoms with E-state index in [0.717, 1.165) is 38.9 Å². The summed E-state index contributed by atoms with van der Waals surface area (Å²) in [6.07, 6.45) is 0.795. The summed E-state index contributed by atoms with van der Waals surface area (Å²) < 4.78 is 24.4. The summed E-state index contributed by atoms with van der Waals surface area (Å²) >= 11 is 1.21. The average molecular weight is 1070 g/mol. The van der Waals surface area contributed by atoms with Gasteiger partial charge in [-0.2, -0.15) is 0 Å². The highest BCUT2D eigenvalue weighted by molar-refractivity contribution is 7.09. The quantitative estimate of drug-likeness (QED) is 0.0270. The first kappa shape index (κ1) is 56.0. The Labute approximate surface area is 459 Å². The second kappa shape index (κ2) is 25.3. The molecule has 0 spiro atoms. The number of hydrogen-bond acceptors (Lipinski definition) is 12. The van der Waals surface area contributed by atoms with Gasteiger partial charge >= 0.3 is 12.1 Å². The van der Waals surface area contributed by atoms with Crippen molar-refractivity contribution in [3.63, 3.8) is 0 Å². The van der Waals surface area contributed by atoms with E-state index in [9.17, 15) is 19.2 Å². The molecule has 5 atom stereocenters. The number of nitrogens with zero attached hydrogens (tertiary/aromatic N) is 2. The van der Waals surface area contributed by atoms with Gasteiger partial charge in [-0.05, 0) is 63.6 Å². The molecule has 0 unspecified atom stereocenters. The third-order valence-corrected chi connectivity index (χ3v) is 14.7. The first-order valence-electron chi connectivity index (χ1n) is 26.2. The molecule has 4 amide bonds. The average Bonchev–Trinajstić information content (AvgIpc) is 4.36. The number of fused-ring (bicyclic) bond motifs is 3. The fourth-order valence-electron chi connectivity index (χ4n) is 9.76. The van der Waals surface area contributed by atoms with Crippen molar-refractivity contribution in [2.45, 2.75) is 90.3 Å². The Bertz CT molecular complexity index is 3050. The van der Waals surface area contributed by atoms with Crippen molar-refractivity contribution in [2.75, 3.05) is 13.2 Å². The van der Waals surface area contributed by atoms with Crippen molar-refractivity contribution >= 4 is 41.1 Å². The van der Waals surface area contributed by atoms with Gasteiger partial charge in [0, 0.05) is 11.3 Å². The van der Waals surface area contributed by atoms with Crippen molar-refractivity contribution in [3.8, 4) is 11.1 Å². The van der Waals surface area contributed by atoms with E-state index in [1.54, 1.807) is 26.2 Å². The Hall–Kier alpha value is -8.21. The smallest absolute Gasteiger partial charge is 0.407 e. The molecule has 16 heteroatoms. The second-order valence-electron chi connectivity index (χ2n) is 20.2. The lowest BCUT2D eigenvalue weighted by atomic mass is 9.79. The van der Waals surface area contributed by atoms with Gasteiger partial charge in [0.15, 0.2) is 11.4 Å². The van der Waals surface area contributed by atoms with Gasteiger partial charge in [0.25, 0.3) is 5.91 Å². The van der Waals surface area contributed by atoms with Gasteiger partial charge in [0.2, 0.25) is 17.7 Å². The molecule has 8 rings (SSSR count). The maximum atomic E-state index is 15.3. The maximum Gasteiger partial charge on any atom is 0.407 e. The van der Waals surface area contributed by atoms with Gasteiger partial charge in [-0.25, -0.2) is 19.6 Å². The molecule has 4 N–H and O–H groups in total. The van der Waals surface area contributed by atoms with Crippen LogP contribution in [0.15, 0.2) is 168 Å². The molecule has 0 fully saturated rings. The van der Waals surface area contributed by atoms with Gasteiger partial charge in [-0.1, -0.05) is 194 Å². The summed E-state index contributed by atoms with van der Waals surface area (Å²) in [5.41, 5.74) is 5.29. The molecule has 0 radical (unpaired) electrons. The van der Waals surface area contributed by atoms with E-state index in [0.29, 0.717) is 5.01 Å². The first-order valence-corrected chi connectivity index (χ1v) is 27.1. The van der Waals surface area contributed by atoms with Crippen LogP contribution in [0.25, 0.3) is 11.1 Å². The summed E-state index contributed by atoms with van der Waals surface area (Å²) in [5, 5.41) is 13.9. The monoisotopic (exact) mass is 1070 g/mol. The zero-order chi connectivity index (χ0) is 55.5. The largest absolute Gasteiger partial charge is 0.457 e. The van der Waals surface area contributed by atoms with Crippen molar-refractivity contribution in [1.82, 2.24) is 31.2 Å². The number of carbonyl (C=O) groups is 5. The van der Waals surface area contributed by atoms with Crippen molar-refractivity contribution in [3.05, 3.63) is 214 Å². The van der Waals surface area contributed by atoms with Crippen LogP contribution in [0.4, 0.5) is 4.79 Å². The molecule has 5 aromatic carbocycles. The zero-order valence-corrected chi connectivity index (χ0v) is 45.6. The Balaban J connectivity index is 1.08. The Kier molecular flexibility index (Phi) is 18.2. The number of ether oxygens (including phenoxy) is 3. The van der Waals surface area contributed by atoms with Crippen LogP contribution in [0, 0.1) is 17.8 Å². The van der Waals surface area contributed by atoms with Gasteiger partial charge in [0.1, 0.15) is 48.2 Å². The molecule has 7 aromatic rings. The topological polar surface area (TPSA) is 200 Å². The summed E-state index contributed by atoms with van der Waals surface area (Å²) in [5.74, 6) is -3.63. The van der Waals surface area contributed by atoms with Crippen LogP contribution in [-0.4, -0.2) is 71.2 Å². The molecule has 2 aromatic heterocycles. The molecule has 0 saturated carbocycles. The molecule has 1 aliphatic rings. The maximum absolute atomic E-state index is 15.3. The van der Waals surface area contributed by atoms with E-state index >= 15 is 4.79 Å². The minimum atomic E-state index is -1.42. The number of alkyl carbamates (subject to hydrolysis) is 1. The number of hydrogen-bond donors (Lipinski definition) is 4. The van der Waals surface area contributed by atoms with Crippen LogP contribution < -0.4 is 21.3 Å². The summed E-state index contributed by atoms with van der Waals surface area (Å²) in [6.45, 7) is 16.5. The van der Waals surface area contributed by atoms with Crippen molar-refractivity contribution in [1.29, 1.82) is 0 Å². The molecule has 0 saturated heterocycles. The molecule has 1 aliphatic carbocycles. The van der Waals surface area contributed by atoms with Gasteiger partial charge in [-0.3, -0.25) is 14.4 Å². The third kappa shape index (κ3) is 12.5. The minimum absolute atomic E-state index is 0.0310. The van der Waals surface area contributed by atoms with Crippen LogP contribution >= 0.6 is 11.3 Å².